The molecule has 1 amide bonds. The summed E-state index contributed by atoms with van der Waals surface area (Å²) in [4.78, 5) is 25.7. The van der Waals surface area contributed by atoms with Crippen molar-refractivity contribution in [2.45, 2.75) is 59.4 Å². The summed E-state index contributed by atoms with van der Waals surface area (Å²) < 4.78 is 5.99. The van der Waals surface area contributed by atoms with Gasteiger partial charge in [0.1, 0.15) is 0 Å². The van der Waals surface area contributed by atoms with Crippen molar-refractivity contribution in [1.29, 1.82) is 0 Å². The van der Waals surface area contributed by atoms with Gasteiger partial charge in [0.15, 0.2) is 6.04 Å². The van der Waals surface area contributed by atoms with Gasteiger partial charge in [-0.1, -0.05) is 18.5 Å². The lowest BCUT2D eigenvalue weighted by Crippen LogP contribution is -2.58. The summed E-state index contributed by atoms with van der Waals surface area (Å²) in [6.45, 7) is 11.2. The van der Waals surface area contributed by atoms with Crippen LogP contribution < -0.4 is 5.32 Å². The second kappa shape index (κ2) is 9.56. The molecule has 1 aromatic rings. The molecule has 0 saturated carbocycles. The molecule has 0 spiro atoms. The van der Waals surface area contributed by atoms with Crippen molar-refractivity contribution in [2.24, 2.45) is 0 Å². The predicted molar refractivity (Wildman–Crippen MR) is 109 cm³/mol. The van der Waals surface area contributed by atoms with Crippen molar-refractivity contribution in [1.82, 2.24) is 0 Å². The van der Waals surface area contributed by atoms with E-state index in [1.165, 1.54) is 0 Å². The third kappa shape index (κ3) is 4.82. The number of amides is 1. The van der Waals surface area contributed by atoms with Gasteiger partial charge in [0.2, 0.25) is 0 Å². The minimum absolute atomic E-state index is 0.0171. The maximum absolute atomic E-state index is 13.3. The molecule has 1 aliphatic rings. The van der Waals surface area contributed by atoms with E-state index >= 15 is 0 Å². The maximum atomic E-state index is 13.3. The van der Waals surface area contributed by atoms with Crippen molar-refractivity contribution in [3.8, 4) is 0 Å². The van der Waals surface area contributed by atoms with Crippen LogP contribution in [0, 0.1) is 6.92 Å². The van der Waals surface area contributed by atoms with Gasteiger partial charge < -0.3 is 14.5 Å². The van der Waals surface area contributed by atoms with Gasteiger partial charge in [0, 0.05) is 24.3 Å². The number of carbonyl (C=O) groups is 2. The van der Waals surface area contributed by atoms with Gasteiger partial charge in [0.25, 0.3) is 5.91 Å². The zero-order valence-corrected chi connectivity index (χ0v) is 17.7. The average Bonchev–Trinajstić information content (AvgIpc) is 3.11. The average molecular weight is 396 g/mol. The minimum Gasteiger partial charge on any atom is -0.462 e. The van der Waals surface area contributed by atoms with Gasteiger partial charge in [0.05, 0.1) is 37.5 Å². The predicted octanol–water partition coefficient (Wildman–Crippen LogP) is 4.56. The number of anilines is 1. The number of nitrogens with one attached hydrogen (secondary N) is 1. The molecule has 1 heterocycles. The highest BCUT2D eigenvalue weighted by molar-refractivity contribution is 6.31. The first-order valence-corrected chi connectivity index (χ1v) is 10.4. The molecule has 1 fully saturated rings. The highest BCUT2D eigenvalue weighted by Crippen LogP contribution is 2.30. The molecule has 1 unspecified atom stereocenters. The lowest BCUT2D eigenvalue weighted by Gasteiger charge is -2.40. The van der Waals surface area contributed by atoms with Crippen LogP contribution in [0.15, 0.2) is 12.1 Å². The number of hydrogen-bond donors (Lipinski definition) is 1. The second-order valence-electron chi connectivity index (χ2n) is 7.35. The maximum Gasteiger partial charge on any atom is 0.340 e. The molecular weight excluding hydrogens is 364 g/mol. The molecule has 0 bridgehead atoms. The fourth-order valence-electron chi connectivity index (χ4n) is 4.23. The van der Waals surface area contributed by atoms with E-state index in [0.29, 0.717) is 16.3 Å². The van der Waals surface area contributed by atoms with Crippen LogP contribution in [0.25, 0.3) is 0 Å². The van der Waals surface area contributed by atoms with E-state index in [9.17, 15) is 9.59 Å². The van der Waals surface area contributed by atoms with Gasteiger partial charge in [-0.3, -0.25) is 4.79 Å². The molecule has 0 aliphatic carbocycles. The zero-order valence-electron chi connectivity index (χ0n) is 16.9. The first-order chi connectivity index (χ1) is 12.9. The molecule has 5 nitrogen and oxygen atoms in total. The Morgan fingerprint density at radius 2 is 1.89 bits per heavy atom. The van der Waals surface area contributed by atoms with E-state index < -0.39 is 5.97 Å². The summed E-state index contributed by atoms with van der Waals surface area (Å²) in [7, 11) is 0. The number of halogens is 1. The number of aryl methyl sites for hydroxylation is 1. The SMILES string of the molecule is CCCC(C(=O)Nc1c(C)cc(Cl)cc1C(=O)OCC)[N+]1(CC)CCCC1. The summed E-state index contributed by atoms with van der Waals surface area (Å²) >= 11 is 6.14. The van der Waals surface area contributed by atoms with Crippen molar-refractivity contribution >= 4 is 29.2 Å². The summed E-state index contributed by atoms with van der Waals surface area (Å²) in [6.07, 6.45) is 4.11. The number of likely N-dealkylation sites (tertiary alicyclic amines) is 1. The number of hydrogen-bond acceptors (Lipinski definition) is 3. The van der Waals surface area contributed by atoms with Crippen LogP contribution in [0.3, 0.4) is 0 Å². The standard InChI is InChI=1S/C21H31ClN2O3/c1-5-10-18(24(6-2)11-8-9-12-24)20(25)23-19-15(4)13-16(22)14-17(19)21(26)27-7-3/h13-14,18H,5-12H2,1-4H3/p+1. The van der Waals surface area contributed by atoms with Crippen LogP contribution in [0.4, 0.5) is 5.69 Å². The smallest absolute Gasteiger partial charge is 0.340 e. The number of esters is 1. The van der Waals surface area contributed by atoms with Crippen LogP contribution in [0.5, 0.6) is 0 Å². The normalized spacial score (nSPS) is 16.8. The fourth-order valence-corrected chi connectivity index (χ4v) is 4.50. The molecule has 1 saturated heterocycles. The Labute approximate surface area is 167 Å². The second-order valence-corrected chi connectivity index (χ2v) is 7.78. The summed E-state index contributed by atoms with van der Waals surface area (Å²) in [6, 6.07) is 3.22. The van der Waals surface area contributed by atoms with Crippen LogP contribution in [-0.4, -0.2) is 48.6 Å². The third-order valence-corrected chi connectivity index (χ3v) is 5.87. The molecule has 1 aliphatic heterocycles. The molecule has 150 valence electrons. The van der Waals surface area contributed by atoms with Crippen LogP contribution in [-0.2, 0) is 9.53 Å². The Morgan fingerprint density at radius 1 is 1.22 bits per heavy atom. The van der Waals surface area contributed by atoms with Gasteiger partial charge >= 0.3 is 5.97 Å². The number of benzene rings is 1. The zero-order chi connectivity index (χ0) is 20.0. The van der Waals surface area contributed by atoms with Crippen LogP contribution in [0.1, 0.15) is 62.4 Å². The molecule has 1 N–H and O–H groups in total. The Balaban J connectivity index is 2.36. The number of ether oxygens (including phenoxy) is 1. The summed E-state index contributed by atoms with van der Waals surface area (Å²) in [5.74, 6) is -0.484. The number of carbonyl (C=O) groups excluding carboxylic acids is 2. The Morgan fingerprint density at radius 3 is 2.44 bits per heavy atom. The van der Waals surface area contributed by atoms with Gasteiger partial charge in [-0.15, -0.1) is 0 Å². The molecule has 1 atom stereocenters. The largest absolute Gasteiger partial charge is 0.462 e. The lowest BCUT2D eigenvalue weighted by atomic mass is 10.0. The molecule has 27 heavy (non-hydrogen) atoms. The van der Waals surface area contributed by atoms with Crippen molar-refractivity contribution in [2.75, 3.05) is 31.6 Å². The topological polar surface area (TPSA) is 55.4 Å². The number of quaternary nitrogens is 1. The van der Waals surface area contributed by atoms with E-state index in [0.717, 1.165) is 55.4 Å². The molecule has 0 radical (unpaired) electrons. The number of likely N-dealkylation sites (N-methyl/N-ethyl adjacent to an activating group) is 1. The minimum atomic E-state index is -0.467. The summed E-state index contributed by atoms with van der Waals surface area (Å²) in [5.41, 5.74) is 1.59. The first kappa shape index (κ1) is 21.7. The molecule has 1 aromatic carbocycles. The lowest BCUT2D eigenvalue weighted by molar-refractivity contribution is -0.930. The Bertz CT molecular complexity index is 684. The summed E-state index contributed by atoms with van der Waals surface area (Å²) in [5, 5.41) is 3.51. The van der Waals surface area contributed by atoms with E-state index in [1.54, 1.807) is 19.1 Å². The third-order valence-electron chi connectivity index (χ3n) is 5.66. The van der Waals surface area contributed by atoms with Crippen molar-refractivity contribution in [3.05, 3.63) is 28.3 Å². The van der Waals surface area contributed by atoms with E-state index in [2.05, 4.69) is 19.2 Å². The number of rotatable bonds is 8. The first-order valence-electron chi connectivity index (χ1n) is 10.0. The fraction of sp³-hybridized carbons (Fsp3) is 0.619. The molecule has 6 heteroatoms. The van der Waals surface area contributed by atoms with Crippen LogP contribution >= 0.6 is 11.6 Å². The molecule has 0 aromatic heterocycles. The van der Waals surface area contributed by atoms with Gasteiger partial charge in [-0.2, -0.15) is 0 Å². The Kier molecular flexibility index (Phi) is 7.68. The van der Waals surface area contributed by atoms with E-state index in [1.807, 2.05) is 6.92 Å². The van der Waals surface area contributed by atoms with Gasteiger partial charge in [-0.05, 0) is 44.9 Å². The van der Waals surface area contributed by atoms with Crippen molar-refractivity contribution in [3.63, 3.8) is 0 Å². The molecule has 2 rings (SSSR count). The number of nitrogens with zero attached hydrogens (tertiary/aromatic N) is 1. The van der Waals surface area contributed by atoms with Gasteiger partial charge in [-0.25, -0.2) is 4.79 Å². The van der Waals surface area contributed by atoms with Crippen molar-refractivity contribution < 1.29 is 18.8 Å². The molecular formula is C21H32ClN2O3+. The van der Waals surface area contributed by atoms with Crippen LogP contribution in [0.2, 0.25) is 5.02 Å². The Hall–Kier alpha value is -1.59. The van der Waals surface area contributed by atoms with E-state index in [4.69, 9.17) is 16.3 Å². The quantitative estimate of drug-likeness (QED) is 0.518. The highest BCUT2D eigenvalue weighted by Gasteiger charge is 2.42. The highest BCUT2D eigenvalue weighted by atomic mass is 35.5. The van der Waals surface area contributed by atoms with E-state index in [-0.39, 0.29) is 18.6 Å². The monoisotopic (exact) mass is 395 g/mol.